The molecule has 2 rings (SSSR count). The van der Waals surface area contributed by atoms with E-state index in [9.17, 15) is 14.7 Å². The van der Waals surface area contributed by atoms with Gasteiger partial charge in [0.05, 0.1) is 5.37 Å². The molecule has 7 heteroatoms. The Hall–Kier alpha value is -1.50. The Morgan fingerprint density at radius 1 is 1.53 bits per heavy atom. The number of aliphatic carboxylic acids is 1. The maximum absolute atomic E-state index is 12.5. The lowest BCUT2D eigenvalue weighted by molar-refractivity contribution is -0.141. The van der Waals surface area contributed by atoms with Gasteiger partial charge in [-0.25, -0.2) is 4.79 Å². The molecule has 104 valence electrons. The van der Waals surface area contributed by atoms with Gasteiger partial charge in [0.1, 0.15) is 11.7 Å². The third-order valence-corrected chi connectivity index (χ3v) is 4.79. The van der Waals surface area contributed by atoms with Crippen LogP contribution in [0.4, 0.5) is 0 Å². The molecule has 6 nitrogen and oxygen atoms in total. The highest BCUT2D eigenvalue weighted by atomic mass is 32.2. The maximum Gasteiger partial charge on any atom is 0.327 e. The summed E-state index contributed by atoms with van der Waals surface area (Å²) in [5.74, 6) is -0.587. The highest BCUT2D eigenvalue weighted by Gasteiger charge is 2.43. The molecule has 1 aromatic heterocycles. The molecular weight excluding hydrogens is 266 g/mol. The number of aromatic nitrogens is 2. The second-order valence-corrected chi connectivity index (χ2v) is 6.02. The van der Waals surface area contributed by atoms with Crippen LogP contribution in [0.15, 0.2) is 12.3 Å². The summed E-state index contributed by atoms with van der Waals surface area (Å²) in [4.78, 5) is 25.3. The molecule has 2 atom stereocenters. The molecule has 1 aliphatic heterocycles. The number of aryl methyl sites for hydroxylation is 1. The van der Waals surface area contributed by atoms with Gasteiger partial charge in [-0.15, -0.1) is 11.8 Å². The van der Waals surface area contributed by atoms with Crippen molar-refractivity contribution in [3.05, 3.63) is 18.0 Å². The van der Waals surface area contributed by atoms with E-state index in [0.29, 0.717) is 11.4 Å². The third kappa shape index (κ3) is 2.47. The number of hydrogen-bond donors (Lipinski definition) is 1. The van der Waals surface area contributed by atoms with Crippen molar-refractivity contribution in [3.8, 4) is 0 Å². The molecule has 0 spiro atoms. The number of thioether (sulfide) groups is 1. The molecule has 1 fully saturated rings. The fourth-order valence-electron chi connectivity index (χ4n) is 2.20. The monoisotopic (exact) mass is 283 g/mol. The zero-order chi connectivity index (χ0) is 14.2. The van der Waals surface area contributed by atoms with Crippen molar-refractivity contribution in [2.24, 2.45) is 13.0 Å². The van der Waals surface area contributed by atoms with Crippen molar-refractivity contribution in [1.82, 2.24) is 14.7 Å². The van der Waals surface area contributed by atoms with Crippen LogP contribution in [0.25, 0.3) is 0 Å². The summed E-state index contributed by atoms with van der Waals surface area (Å²) < 4.78 is 1.47. The Morgan fingerprint density at radius 3 is 2.68 bits per heavy atom. The predicted octanol–water partition coefficient (Wildman–Crippen LogP) is 1.04. The Bertz CT molecular complexity index is 500. The van der Waals surface area contributed by atoms with Gasteiger partial charge in [-0.3, -0.25) is 9.48 Å². The van der Waals surface area contributed by atoms with E-state index in [1.54, 1.807) is 13.1 Å². The lowest BCUT2D eigenvalue weighted by atomic mass is 10.1. The fraction of sp³-hybridized carbons (Fsp3) is 0.583. The van der Waals surface area contributed by atoms with Crippen LogP contribution in [-0.2, 0) is 11.8 Å². The van der Waals surface area contributed by atoms with Crippen LogP contribution in [0.1, 0.15) is 24.3 Å². The first-order valence-electron chi connectivity index (χ1n) is 6.08. The summed E-state index contributed by atoms with van der Waals surface area (Å²) in [5.41, 5.74) is 0.416. The van der Waals surface area contributed by atoms with Crippen LogP contribution in [0.2, 0.25) is 0 Å². The topological polar surface area (TPSA) is 75.4 Å². The van der Waals surface area contributed by atoms with E-state index in [4.69, 9.17) is 0 Å². The van der Waals surface area contributed by atoms with Gasteiger partial charge in [0, 0.05) is 19.0 Å². The molecule has 0 aliphatic carbocycles. The largest absolute Gasteiger partial charge is 0.480 e. The molecule has 0 bridgehead atoms. The quantitative estimate of drug-likeness (QED) is 0.897. The number of carbonyl (C=O) groups is 2. The van der Waals surface area contributed by atoms with E-state index in [2.05, 4.69) is 5.10 Å². The highest BCUT2D eigenvalue weighted by molar-refractivity contribution is 8.00. The zero-order valence-electron chi connectivity index (χ0n) is 11.1. The Balaban J connectivity index is 2.34. The highest BCUT2D eigenvalue weighted by Crippen LogP contribution is 2.35. The van der Waals surface area contributed by atoms with Crippen LogP contribution in [-0.4, -0.2) is 48.8 Å². The van der Waals surface area contributed by atoms with Crippen LogP contribution >= 0.6 is 11.8 Å². The average Bonchev–Trinajstić information content (AvgIpc) is 2.93. The number of rotatable bonds is 3. The smallest absolute Gasteiger partial charge is 0.327 e. The van der Waals surface area contributed by atoms with Crippen molar-refractivity contribution in [3.63, 3.8) is 0 Å². The first-order chi connectivity index (χ1) is 8.93. The Kier molecular flexibility index (Phi) is 3.84. The first kappa shape index (κ1) is 13.9. The summed E-state index contributed by atoms with van der Waals surface area (Å²) in [7, 11) is 1.68. The van der Waals surface area contributed by atoms with Crippen molar-refractivity contribution < 1.29 is 14.7 Å². The van der Waals surface area contributed by atoms with E-state index in [-0.39, 0.29) is 17.2 Å². The third-order valence-electron chi connectivity index (χ3n) is 3.16. The molecule has 1 aromatic rings. The minimum Gasteiger partial charge on any atom is -0.480 e. The summed E-state index contributed by atoms with van der Waals surface area (Å²) in [6, 6.07) is 0.849. The second kappa shape index (κ2) is 5.24. The summed E-state index contributed by atoms with van der Waals surface area (Å²) in [6.07, 6.45) is 1.54. The molecule has 2 heterocycles. The standard InChI is InChI=1S/C12H17N3O3S/c1-7(2)11-15(9(6-19-11)12(17)18)10(16)8-4-5-13-14(8)3/h4-5,7,9,11H,6H2,1-3H3,(H,17,18). The number of hydrogen-bond acceptors (Lipinski definition) is 4. The first-order valence-corrected chi connectivity index (χ1v) is 7.13. The van der Waals surface area contributed by atoms with Crippen molar-refractivity contribution in [1.29, 1.82) is 0 Å². The van der Waals surface area contributed by atoms with E-state index in [1.807, 2.05) is 13.8 Å². The van der Waals surface area contributed by atoms with Crippen molar-refractivity contribution >= 4 is 23.6 Å². The van der Waals surface area contributed by atoms with Gasteiger partial charge in [-0.2, -0.15) is 5.10 Å². The fourth-order valence-corrected chi connectivity index (χ4v) is 3.68. The molecular formula is C12H17N3O3S. The number of carboxylic acids is 1. The van der Waals surface area contributed by atoms with Crippen LogP contribution in [0, 0.1) is 5.92 Å². The lowest BCUT2D eigenvalue weighted by Crippen LogP contribution is -2.47. The summed E-state index contributed by atoms with van der Waals surface area (Å²) in [6.45, 7) is 3.98. The molecule has 0 saturated carbocycles. The van der Waals surface area contributed by atoms with Gasteiger partial charge in [0.15, 0.2) is 0 Å². The second-order valence-electron chi connectivity index (χ2n) is 4.87. The van der Waals surface area contributed by atoms with Crippen LogP contribution in [0.5, 0.6) is 0 Å². The minimum atomic E-state index is -0.953. The molecule has 0 aromatic carbocycles. The van der Waals surface area contributed by atoms with Crippen molar-refractivity contribution in [2.45, 2.75) is 25.3 Å². The van der Waals surface area contributed by atoms with Gasteiger partial charge in [-0.05, 0) is 12.0 Å². The SMILES string of the molecule is CC(C)C1SCC(C(=O)O)N1C(=O)c1ccnn1C. The maximum atomic E-state index is 12.5. The number of carboxylic acid groups (broad SMARTS) is 1. The van der Waals surface area contributed by atoms with Crippen molar-refractivity contribution in [2.75, 3.05) is 5.75 Å². The van der Waals surface area contributed by atoms with Gasteiger partial charge < -0.3 is 10.0 Å². The average molecular weight is 283 g/mol. The zero-order valence-corrected chi connectivity index (χ0v) is 11.9. The van der Waals surface area contributed by atoms with Crippen LogP contribution in [0.3, 0.4) is 0 Å². The van der Waals surface area contributed by atoms with Gasteiger partial charge in [0.25, 0.3) is 5.91 Å². The lowest BCUT2D eigenvalue weighted by Gasteiger charge is -2.29. The van der Waals surface area contributed by atoms with E-state index in [0.717, 1.165) is 0 Å². The van der Waals surface area contributed by atoms with E-state index >= 15 is 0 Å². The minimum absolute atomic E-state index is 0.108. The molecule has 0 radical (unpaired) electrons. The summed E-state index contributed by atoms with van der Waals surface area (Å²) in [5, 5.41) is 13.1. The van der Waals surface area contributed by atoms with Gasteiger partial charge in [-0.1, -0.05) is 13.8 Å². The van der Waals surface area contributed by atoms with Gasteiger partial charge >= 0.3 is 5.97 Å². The number of amides is 1. The normalized spacial score (nSPS) is 23.1. The Labute approximate surface area is 115 Å². The molecule has 19 heavy (non-hydrogen) atoms. The number of carbonyl (C=O) groups excluding carboxylic acids is 1. The molecule has 1 saturated heterocycles. The summed E-state index contributed by atoms with van der Waals surface area (Å²) >= 11 is 1.52. The Morgan fingerprint density at radius 2 is 2.21 bits per heavy atom. The molecule has 2 unspecified atom stereocenters. The van der Waals surface area contributed by atoms with E-state index in [1.165, 1.54) is 27.5 Å². The predicted molar refractivity (Wildman–Crippen MR) is 71.9 cm³/mol. The molecule has 1 N–H and O–H groups in total. The number of nitrogens with zero attached hydrogens (tertiary/aromatic N) is 3. The van der Waals surface area contributed by atoms with E-state index < -0.39 is 12.0 Å². The molecule has 1 amide bonds. The molecule has 1 aliphatic rings. The van der Waals surface area contributed by atoms with Gasteiger partial charge in [0.2, 0.25) is 0 Å². The van der Waals surface area contributed by atoms with Crippen LogP contribution < -0.4 is 0 Å².